The minimum Gasteiger partial charge on any atom is -0.384 e. The molecular formula is C24H28F3N5O5S. The molecule has 14 heteroatoms. The van der Waals surface area contributed by atoms with Crippen molar-refractivity contribution >= 4 is 33.4 Å². The van der Waals surface area contributed by atoms with Gasteiger partial charge < -0.3 is 21.1 Å². The van der Waals surface area contributed by atoms with Gasteiger partial charge in [0.2, 0.25) is 21.8 Å². The van der Waals surface area contributed by atoms with E-state index >= 15 is 0 Å². The van der Waals surface area contributed by atoms with Crippen LogP contribution in [0.25, 0.3) is 0 Å². The first kappa shape index (κ1) is 29.1. The monoisotopic (exact) mass is 555 g/mol. The van der Waals surface area contributed by atoms with E-state index in [0.29, 0.717) is 30.3 Å². The maximum absolute atomic E-state index is 13.8. The van der Waals surface area contributed by atoms with Gasteiger partial charge >= 0.3 is 6.18 Å². The van der Waals surface area contributed by atoms with Crippen LogP contribution in [0.5, 0.6) is 0 Å². The number of carbonyl (C=O) groups is 2. The summed E-state index contributed by atoms with van der Waals surface area (Å²) >= 11 is 0. The molecule has 206 valence electrons. The van der Waals surface area contributed by atoms with Crippen molar-refractivity contribution in [3.8, 4) is 0 Å². The van der Waals surface area contributed by atoms with Gasteiger partial charge in [0.25, 0.3) is 0 Å². The van der Waals surface area contributed by atoms with Crippen LogP contribution in [0.15, 0.2) is 47.4 Å². The molecule has 2 atom stereocenters. The SMILES string of the molecule is CC(NC(=O)CC(=O)Nc1ccc(C(=N)N)cc1)c1ccc(S(=O)(=O)NCC2CCCO2)c(C(F)(F)F)c1. The van der Waals surface area contributed by atoms with E-state index in [9.17, 15) is 31.2 Å². The molecule has 38 heavy (non-hydrogen) atoms. The molecule has 0 radical (unpaired) electrons. The van der Waals surface area contributed by atoms with Crippen LogP contribution in [0.2, 0.25) is 0 Å². The number of hydrogen-bond donors (Lipinski definition) is 5. The summed E-state index contributed by atoms with van der Waals surface area (Å²) in [4.78, 5) is 23.6. The third-order valence-corrected chi connectivity index (χ3v) is 7.28. The number of sulfonamides is 1. The normalized spacial score (nSPS) is 16.6. The van der Waals surface area contributed by atoms with Crippen molar-refractivity contribution in [3.63, 3.8) is 0 Å². The summed E-state index contributed by atoms with van der Waals surface area (Å²) in [6.07, 6.45) is -4.63. The van der Waals surface area contributed by atoms with E-state index in [-0.39, 0.29) is 17.9 Å². The molecule has 1 fully saturated rings. The van der Waals surface area contributed by atoms with Crippen LogP contribution in [0.4, 0.5) is 18.9 Å². The Morgan fingerprint density at radius 1 is 1.16 bits per heavy atom. The summed E-state index contributed by atoms with van der Waals surface area (Å²) in [5, 5.41) is 12.3. The molecule has 10 nitrogen and oxygen atoms in total. The molecule has 3 rings (SSSR count). The highest BCUT2D eigenvalue weighted by Gasteiger charge is 2.38. The van der Waals surface area contributed by atoms with Gasteiger partial charge in [0.1, 0.15) is 12.3 Å². The first-order valence-electron chi connectivity index (χ1n) is 11.6. The third kappa shape index (κ3) is 7.76. The summed E-state index contributed by atoms with van der Waals surface area (Å²) in [6.45, 7) is 1.74. The minimum absolute atomic E-state index is 0.00369. The quantitative estimate of drug-likeness (QED) is 0.172. The van der Waals surface area contributed by atoms with Gasteiger partial charge in [-0.25, -0.2) is 13.1 Å². The van der Waals surface area contributed by atoms with Crippen molar-refractivity contribution in [2.75, 3.05) is 18.5 Å². The molecule has 2 aromatic carbocycles. The Kier molecular flexibility index (Phi) is 9.12. The fourth-order valence-corrected chi connectivity index (χ4v) is 5.09. The minimum atomic E-state index is -4.98. The fourth-order valence-electron chi connectivity index (χ4n) is 3.82. The van der Waals surface area contributed by atoms with Crippen LogP contribution in [-0.4, -0.2) is 45.3 Å². The first-order chi connectivity index (χ1) is 17.8. The molecule has 1 saturated heterocycles. The van der Waals surface area contributed by atoms with Gasteiger partial charge in [0.15, 0.2) is 0 Å². The lowest BCUT2D eigenvalue weighted by Crippen LogP contribution is -2.33. The topological polar surface area (TPSA) is 163 Å². The molecule has 1 heterocycles. The lowest BCUT2D eigenvalue weighted by Gasteiger charge is -2.19. The van der Waals surface area contributed by atoms with Gasteiger partial charge in [0, 0.05) is 24.4 Å². The number of nitrogens with two attached hydrogens (primary N) is 1. The van der Waals surface area contributed by atoms with Crippen molar-refractivity contribution in [1.29, 1.82) is 5.41 Å². The Labute approximate surface area is 217 Å². The largest absolute Gasteiger partial charge is 0.417 e. The van der Waals surface area contributed by atoms with E-state index in [1.54, 1.807) is 0 Å². The Morgan fingerprint density at radius 2 is 1.84 bits per heavy atom. The third-order valence-electron chi connectivity index (χ3n) is 5.80. The zero-order valence-corrected chi connectivity index (χ0v) is 21.2. The van der Waals surface area contributed by atoms with E-state index in [1.807, 2.05) is 0 Å². The Hall–Kier alpha value is -3.49. The lowest BCUT2D eigenvalue weighted by molar-refractivity contribution is -0.140. The zero-order chi connectivity index (χ0) is 28.1. The van der Waals surface area contributed by atoms with Crippen LogP contribution < -0.4 is 21.1 Å². The van der Waals surface area contributed by atoms with Crippen molar-refractivity contribution < 1.29 is 35.9 Å². The molecular weight excluding hydrogens is 527 g/mol. The van der Waals surface area contributed by atoms with Gasteiger partial charge in [-0.3, -0.25) is 15.0 Å². The van der Waals surface area contributed by atoms with Crippen molar-refractivity contribution in [1.82, 2.24) is 10.0 Å². The van der Waals surface area contributed by atoms with E-state index < -0.39 is 57.0 Å². The lowest BCUT2D eigenvalue weighted by atomic mass is 10.0. The highest BCUT2D eigenvalue weighted by molar-refractivity contribution is 7.89. The highest BCUT2D eigenvalue weighted by Crippen LogP contribution is 2.36. The van der Waals surface area contributed by atoms with E-state index in [4.69, 9.17) is 15.9 Å². The van der Waals surface area contributed by atoms with Gasteiger partial charge in [0.05, 0.1) is 22.6 Å². The average molecular weight is 556 g/mol. The summed E-state index contributed by atoms with van der Waals surface area (Å²) in [5.74, 6) is -1.57. The molecule has 0 saturated carbocycles. The number of nitrogen functional groups attached to an aromatic ring is 1. The molecule has 0 spiro atoms. The number of hydrogen-bond acceptors (Lipinski definition) is 6. The predicted octanol–water partition coefficient (Wildman–Crippen LogP) is 2.65. The molecule has 6 N–H and O–H groups in total. The van der Waals surface area contributed by atoms with Crippen LogP contribution in [0.1, 0.15) is 48.9 Å². The van der Waals surface area contributed by atoms with Crippen LogP contribution >= 0.6 is 0 Å². The van der Waals surface area contributed by atoms with Gasteiger partial charge in [-0.1, -0.05) is 6.07 Å². The number of anilines is 1. The number of carbonyl (C=O) groups excluding carboxylic acids is 2. The zero-order valence-electron chi connectivity index (χ0n) is 20.4. The maximum atomic E-state index is 13.8. The van der Waals surface area contributed by atoms with Crippen LogP contribution in [-0.2, 0) is 30.5 Å². The predicted molar refractivity (Wildman–Crippen MR) is 133 cm³/mol. The molecule has 1 aliphatic heterocycles. The second-order valence-electron chi connectivity index (χ2n) is 8.75. The van der Waals surface area contributed by atoms with Crippen molar-refractivity contribution in [2.24, 2.45) is 5.73 Å². The Bertz CT molecular complexity index is 1290. The van der Waals surface area contributed by atoms with Gasteiger partial charge in [-0.05, 0) is 61.7 Å². The van der Waals surface area contributed by atoms with E-state index in [1.165, 1.54) is 37.3 Å². The average Bonchev–Trinajstić information content (AvgIpc) is 3.36. The number of alkyl halides is 3. The van der Waals surface area contributed by atoms with E-state index in [0.717, 1.165) is 12.5 Å². The van der Waals surface area contributed by atoms with Crippen LogP contribution in [0.3, 0.4) is 0 Å². The first-order valence-corrected chi connectivity index (χ1v) is 13.1. The molecule has 0 bridgehead atoms. The molecule has 1 aliphatic rings. The highest BCUT2D eigenvalue weighted by atomic mass is 32.2. The molecule has 0 aliphatic carbocycles. The number of amidine groups is 1. The molecule has 2 unspecified atom stereocenters. The number of rotatable bonds is 10. The number of ether oxygens (including phenoxy) is 1. The fraction of sp³-hybridized carbons (Fsp3) is 0.375. The van der Waals surface area contributed by atoms with Gasteiger partial charge in [-0.15, -0.1) is 0 Å². The Balaban J connectivity index is 1.66. The second-order valence-corrected chi connectivity index (χ2v) is 10.5. The van der Waals surface area contributed by atoms with E-state index in [2.05, 4.69) is 15.4 Å². The molecule has 2 aromatic rings. The summed E-state index contributed by atoms with van der Waals surface area (Å²) in [7, 11) is -4.49. The number of nitrogens with one attached hydrogen (secondary N) is 4. The smallest absolute Gasteiger partial charge is 0.384 e. The molecule has 2 amide bonds. The number of amides is 2. The maximum Gasteiger partial charge on any atom is 0.417 e. The van der Waals surface area contributed by atoms with Crippen LogP contribution in [0, 0.1) is 5.41 Å². The second kappa shape index (κ2) is 11.9. The summed E-state index contributed by atoms with van der Waals surface area (Å²) in [6, 6.07) is 7.76. The summed E-state index contributed by atoms with van der Waals surface area (Å²) < 4.78 is 74.2. The Morgan fingerprint density at radius 3 is 2.42 bits per heavy atom. The van der Waals surface area contributed by atoms with Crippen molar-refractivity contribution in [2.45, 2.75) is 49.4 Å². The van der Waals surface area contributed by atoms with Crippen molar-refractivity contribution in [3.05, 3.63) is 59.2 Å². The summed E-state index contributed by atoms with van der Waals surface area (Å²) in [5.41, 5.74) is 4.81. The molecule has 0 aromatic heterocycles. The number of benzene rings is 2. The van der Waals surface area contributed by atoms with Gasteiger partial charge in [-0.2, -0.15) is 13.2 Å². The standard InChI is InChI=1S/C24H28F3N5O5S/c1-14(31-21(33)12-22(34)32-17-7-4-15(5-8-17)23(28)29)16-6-9-20(19(11-16)24(25,26)27)38(35,36)30-13-18-3-2-10-37-18/h4-9,11,14,18,30H,2-3,10,12-13H2,1H3,(H3,28,29)(H,31,33)(H,32,34). The number of halogens is 3.